The molecule has 1 N–H and O–H groups in total. The van der Waals surface area contributed by atoms with Gasteiger partial charge in [-0.05, 0) is 49.4 Å². The maximum absolute atomic E-state index is 13.8. The molecule has 0 saturated carbocycles. The maximum atomic E-state index is 13.8. The zero-order valence-corrected chi connectivity index (χ0v) is 16.5. The number of sulfonamides is 1. The summed E-state index contributed by atoms with van der Waals surface area (Å²) in [5, 5.41) is 2.31. The second-order valence-electron chi connectivity index (χ2n) is 6.41. The maximum Gasteiger partial charge on any atom is 0.264 e. The van der Waals surface area contributed by atoms with Crippen molar-refractivity contribution in [3.8, 4) is 0 Å². The number of anilines is 2. The number of nitrogens with zero attached hydrogens (tertiary/aromatic N) is 1. The van der Waals surface area contributed by atoms with E-state index in [-0.39, 0.29) is 16.1 Å². The molecule has 0 aliphatic heterocycles. The molecule has 0 radical (unpaired) electrons. The van der Waals surface area contributed by atoms with Crippen LogP contribution >= 0.6 is 0 Å². The number of nitrogens with one attached hydrogen (secondary N) is 1. The molecule has 29 heavy (non-hydrogen) atoms. The number of carbonyl (C=O) groups excluding carboxylic acids is 1. The van der Waals surface area contributed by atoms with Gasteiger partial charge in [0.05, 0.1) is 16.3 Å². The summed E-state index contributed by atoms with van der Waals surface area (Å²) in [6, 6.07) is 15.1. The van der Waals surface area contributed by atoms with E-state index in [9.17, 15) is 22.0 Å². The Morgan fingerprint density at radius 1 is 0.966 bits per heavy atom. The Hall–Kier alpha value is -3.26. The molecule has 150 valence electrons. The average molecular weight is 416 g/mol. The summed E-state index contributed by atoms with van der Waals surface area (Å²) in [7, 11) is -2.50. The highest BCUT2D eigenvalue weighted by molar-refractivity contribution is 7.92. The number of halogens is 2. The summed E-state index contributed by atoms with van der Waals surface area (Å²) >= 11 is 0. The van der Waals surface area contributed by atoms with Gasteiger partial charge in [0.1, 0.15) is 11.6 Å². The third-order valence-electron chi connectivity index (χ3n) is 4.33. The minimum Gasteiger partial charge on any atom is -0.319 e. The van der Waals surface area contributed by atoms with E-state index in [0.29, 0.717) is 11.8 Å². The molecule has 3 aromatic carbocycles. The lowest BCUT2D eigenvalue weighted by atomic mass is 10.2. The van der Waals surface area contributed by atoms with Crippen LogP contribution in [0.5, 0.6) is 0 Å². The Morgan fingerprint density at radius 2 is 1.66 bits per heavy atom. The minimum atomic E-state index is -3.92. The second kappa shape index (κ2) is 8.00. The molecule has 0 bridgehead atoms. The van der Waals surface area contributed by atoms with Crippen molar-refractivity contribution >= 4 is 27.3 Å². The van der Waals surface area contributed by atoms with Gasteiger partial charge in [-0.2, -0.15) is 0 Å². The van der Waals surface area contributed by atoms with Gasteiger partial charge in [0.15, 0.2) is 0 Å². The molecule has 0 aliphatic rings. The highest BCUT2D eigenvalue weighted by Crippen LogP contribution is 2.23. The van der Waals surface area contributed by atoms with E-state index in [2.05, 4.69) is 5.32 Å². The van der Waals surface area contributed by atoms with E-state index in [1.807, 2.05) is 6.92 Å². The van der Waals surface area contributed by atoms with Crippen LogP contribution in [0.1, 0.15) is 15.9 Å². The zero-order valence-electron chi connectivity index (χ0n) is 15.7. The van der Waals surface area contributed by atoms with Gasteiger partial charge >= 0.3 is 0 Å². The predicted molar refractivity (Wildman–Crippen MR) is 108 cm³/mol. The summed E-state index contributed by atoms with van der Waals surface area (Å²) in [5.74, 6) is -2.42. The average Bonchev–Trinajstić information content (AvgIpc) is 2.70. The van der Waals surface area contributed by atoms with Gasteiger partial charge in [-0.3, -0.25) is 9.10 Å². The van der Waals surface area contributed by atoms with Crippen LogP contribution in [0.2, 0.25) is 0 Å². The number of amides is 1. The molecule has 0 aliphatic carbocycles. The molecule has 0 heterocycles. The van der Waals surface area contributed by atoms with Crippen molar-refractivity contribution in [2.45, 2.75) is 11.8 Å². The molecular weight excluding hydrogens is 398 g/mol. The summed E-state index contributed by atoms with van der Waals surface area (Å²) in [5.41, 5.74) is 1.28. The van der Waals surface area contributed by atoms with Crippen LogP contribution in [-0.4, -0.2) is 21.4 Å². The van der Waals surface area contributed by atoms with Gasteiger partial charge in [-0.25, -0.2) is 17.2 Å². The van der Waals surface area contributed by atoms with Crippen molar-refractivity contribution in [2.75, 3.05) is 16.7 Å². The van der Waals surface area contributed by atoms with Crippen molar-refractivity contribution < 1.29 is 22.0 Å². The van der Waals surface area contributed by atoms with Crippen LogP contribution in [0.25, 0.3) is 0 Å². The fourth-order valence-corrected chi connectivity index (χ4v) is 3.88. The number of aryl methyl sites for hydroxylation is 1. The van der Waals surface area contributed by atoms with Gasteiger partial charge in [0.2, 0.25) is 0 Å². The van der Waals surface area contributed by atoms with Crippen LogP contribution in [-0.2, 0) is 10.0 Å². The predicted octanol–water partition coefficient (Wildman–Crippen LogP) is 4.35. The number of rotatable bonds is 5. The monoisotopic (exact) mass is 416 g/mol. The van der Waals surface area contributed by atoms with Crippen molar-refractivity contribution in [1.82, 2.24) is 0 Å². The summed E-state index contributed by atoms with van der Waals surface area (Å²) in [4.78, 5) is 12.3. The van der Waals surface area contributed by atoms with Gasteiger partial charge in [-0.1, -0.05) is 23.8 Å². The topological polar surface area (TPSA) is 66.5 Å². The van der Waals surface area contributed by atoms with E-state index in [1.165, 1.54) is 31.3 Å². The first kappa shape index (κ1) is 20.5. The SMILES string of the molecule is Cc1ccc(N(C)S(=O)(=O)c2cccc(C(=O)Nc3ccc(F)cc3F)c2)cc1. The van der Waals surface area contributed by atoms with E-state index in [0.717, 1.165) is 22.0 Å². The Bertz CT molecular complexity index is 1160. The normalized spacial score (nSPS) is 11.2. The lowest BCUT2D eigenvalue weighted by molar-refractivity contribution is 0.102. The van der Waals surface area contributed by atoms with E-state index < -0.39 is 27.6 Å². The highest BCUT2D eigenvalue weighted by atomic mass is 32.2. The van der Waals surface area contributed by atoms with E-state index in [4.69, 9.17) is 0 Å². The summed E-state index contributed by atoms with van der Waals surface area (Å²) in [6.45, 7) is 1.89. The molecule has 3 aromatic rings. The summed E-state index contributed by atoms with van der Waals surface area (Å²) in [6.07, 6.45) is 0. The summed E-state index contributed by atoms with van der Waals surface area (Å²) < 4.78 is 53.7. The smallest absolute Gasteiger partial charge is 0.264 e. The number of benzene rings is 3. The number of hydrogen-bond donors (Lipinski definition) is 1. The third kappa shape index (κ3) is 4.43. The highest BCUT2D eigenvalue weighted by Gasteiger charge is 2.22. The lowest BCUT2D eigenvalue weighted by Gasteiger charge is -2.20. The van der Waals surface area contributed by atoms with Crippen LogP contribution < -0.4 is 9.62 Å². The Labute approximate surface area is 167 Å². The van der Waals surface area contributed by atoms with Crippen LogP contribution in [0.15, 0.2) is 71.6 Å². The van der Waals surface area contributed by atoms with Crippen LogP contribution in [0.3, 0.4) is 0 Å². The fourth-order valence-electron chi connectivity index (χ4n) is 2.63. The van der Waals surface area contributed by atoms with Crippen molar-refractivity contribution in [1.29, 1.82) is 0 Å². The largest absolute Gasteiger partial charge is 0.319 e. The molecule has 3 rings (SSSR count). The Kier molecular flexibility index (Phi) is 5.65. The molecule has 1 amide bonds. The Balaban J connectivity index is 1.87. The number of hydrogen-bond acceptors (Lipinski definition) is 3. The molecule has 0 atom stereocenters. The first-order valence-electron chi connectivity index (χ1n) is 8.60. The molecule has 8 heteroatoms. The van der Waals surface area contributed by atoms with Crippen molar-refractivity contribution in [2.24, 2.45) is 0 Å². The Morgan fingerprint density at radius 3 is 2.31 bits per heavy atom. The number of carbonyl (C=O) groups is 1. The lowest BCUT2D eigenvalue weighted by Crippen LogP contribution is -2.26. The van der Waals surface area contributed by atoms with Crippen LogP contribution in [0, 0.1) is 18.6 Å². The second-order valence-corrected chi connectivity index (χ2v) is 8.38. The van der Waals surface area contributed by atoms with Gasteiger partial charge < -0.3 is 5.32 Å². The molecule has 0 unspecified atom stereocenters. The van der Waals surface area contributed by atoms with Crippen molar-refractivity contribution in [3.05, 3.63) is 89.5 Å². The fraction of sp³-hybridized carbons (Fsp3) is 0.0952. The van der Waals surface area contributed by atoms with Crippen molar-refractivity contribution in [3.63, 3.8) is 0 Å². The molecule has 0 saturated heterocycles. The molecule has 5 nitrogen and oxygen atoms in total. The molecule has 0 spiro atoms. The van der Waals surface area contributed by atoms with Crippen LogP contribution in [0.4, 0.5) is 20.2 Å². The first-order chi connectivity index (χ1) is 13.7. The van der Waals surface area contributed by atoms with E-state index in [1.54, 1.807) is 24.3 Å². The van der Waals surface area contributed by atoms with Gasteiger partial charge in [0.25, 0.3) is 15.9 Å². The standard InChI is InChI=1S/C21H18F2N2O3S/c1-14-6-9-17(10-7-14)25(2)29(27,28)18-5-3-4-15(12-18)21(26)24-20-11-8-16(22)13-19(20)23/h3-13H,1-2H3,(H,24,26). The van der Waals surface area contributed by atoms with Gasteiger partial charge in [-0.15, -0.1) is 0 Å². The minimum absolute atomic E-state index is 0.0205. The van der Waals surface area contributed by atoms with Gasteiger partial charge in [0, 0.05) is 18.7 Å². The molecular formula is C21H18F2N2O3S. The first-order valence-corrected chi connectivity index (χ1v) is 10.0. The van der Waals surface area contributed by atoms with E-state index >= 15 is 0 Å². The molecule has 0 aromatic heterocycles. The third-order valence-corrected chi connectivity index (χ3v) is 6.11. The zero-order chi connectivity index (χ0) is 21.2. The quantitative estimate of drug-likeness (QED) is 0.672. The molecule has 0 fully saturated rings.